The summed E-state index contributed by atoms with van der Waals surface area (Å²) >= 11 is 0. The van der Waals surface area contributed by atoms with Gasteiger partial charge in [0.25, 0.3) is 0 Å². The SMILES string of the molecule is COc1ccc([C@H](C)N2CC=CCC2)cc1. The summed E-state index contributed by atoms with van der Waals surface area (Å²) in [5, 5.41) is 0. The van der Waals surface area contributed by atoms with Crippen LogP contribution in [-0.2, 0) is 0 Å². The third kappa shape index (κ3) is 2.45. The average Bonchev–Trinajstić information content (AvgIpc) is 2.39. The molecule has 0 saturated carbocycles. The molecule has 0 N–H and O–H groups in total. The van der Waals surface area contributed by atoms with Gasteiger partial charge in [-0.15, -0.1) is 0 Å². The predicted molar refractivity (Wildman–Crippen MR) is 66.7 cm³/mol. The van der Waals surface area contributed by atoms with Crippen molar-refractivity contribution in [2.75, 3.05) is 20.2 Å². The van der Waals surface area contributed by atoms with Crippen molar-refractivity contribution < 1.29 is 4.74 Å². The molecule has 1 aromatic carbocycles. The zero-order valence-electron chi connectivity index (χ0n) is 10.0. The van der Waals surface area contributed by atoms with Crippen molar-refractivity contribution in [1.29, 1.82) is 0 Å². The fraction of sp³-hybridized carbons (Fsp3) is 0.429. The van der Waals surface area contributed by atoms with E-state index in [4.69, 9.17) is 4.74 Å². The molecule has 1 atom stereocenters. The van der Waals surface area contributed by atoms with Crippen LogP contribution in [0.25, 0.3) is 0 Å². The van der Waals surface area contributed by atoms with Crippen LogP contribution in [0.2, 0.25) is 0 Å². The Labute approximate surface area is 97.5 Å². The maximum atomic E-state index is 5.17. The molecule has 0 aliphatic carbocycles. The first-order chi connectivity index (χ1) is 7.81. The van der Waals surface area contributed by atoms with E-state index in [0.717, 1.165) is 18.8 Å². The van der Waals surface area contributed by atoms with Gasteiger partial charge in [0.1, 0.15) is 5.75 Å². The smallest absolute Gasteiger partial charge is 0.118 e. The van der Waals surface area contributed by atoms with Crippen LogP contribution in [0, 0.1) is 0 Å². The van der Waals surface area contributed by atoms with Crippen LogP contribution in [0.1, 0.15) is 24.9 Å². The molecule has 0 saturated heterocycles. The van der Waals surface area contributed by atoms with Gasteiger partial charge in [-0.2, -0.15) is 0 Å². The van der Waals surface area contributed by atoms with E-state index in [1.807, 2.05) is 12.1 Å². The van der Waals surface area contributed by atoms with E-state index in [0.29, 0.717) is 6.04 Å². The summed E-state index contributed by atoms with van der Waals surface area (Å²) < 4.78 is 5.17. The number of ether oxygens (including phenoxy) is 1. The third-order valence-electron chi connectivity index (χ3n) is 3.24. The zero-order chi connectivity index (χ0) is 11.4. The van der Waals surface area contributed by atoms with Crippen molar-refractivity contribution >= 4 is 0 Å². The minimum absolute atomic E-state index is 0.482. The normalized spacial score (nSPS) is 18.4. The monoisotopic (exact) mass is 217 g/mol. The Bertz CT molecular complexity index is 356. The van der Waals surface area contributed by atoms with Gasteiger partial charge in [-0.1, -0.05) is 24.3 Å². The van der Waals surface area contributed by atoms with Gasteiger partial charge in [0.2, 0.25) is 0 Å². The molecule has 0 bridgehead atoms. The molecule has 2 heteroatoms. The molecular weight excluding hydrogens is 198 g/mol. The van der Waals surface area contributed by atoms with E-state index < -0.39 is 0 Å². The van der Waals surface area contributed by atoms with Gasteiger partial charge in [-0.25, -0.2) is 0 Å². The predicted octanol–water partition coefficient (Wildman–Crippen LogP) is 3.02. The fourth-order valence-corrected chi connectivity index (χ4v) is 2.10. The minimum Gasteiger partial charge on any atom is -0.497 e. The molecule has 2 nitrogen and oxygen atoms in total. The Morgan fingerprint density at radius 1 is 1.19 bits per heavy atom. The van der Waals surface area contributed by atoms with Gasteiger partial charge in [-0.3, -0.25) is 4.90 Å². The first-order valence-electron chi connectivity index (χ1n) is 5.84. The topological polar surface area (TPSA) is 12.5 Å². The Morgan fingerprint density at radius 3 is 2.50 bits per heavy atom. The first-order valence-corrected chi connectivity index (χ1v) is 5.84. The summed E-state index contributed by atoms with van der Waals surface area (Å²) in [4.78, 5) is 2.49. The summed E-state index contributed by atoms with van der Waals surface area (Å²) in [6.45, 7) is 4.48. The highest BCUT2D eigenvalue weighted by Gasteiger charge is 2.15. The Hall–Kier alpha value is -1.28. The van der Waals surface area contributed by atoms with E-state index in [1.165, 1.54) is 12.0 Å². The lowest BCUT2D eigenvalue weighted by Crippen LogP contribution is -2.30. The lowest BCUT2D eigenvalue weighted by molar-refractivity contribution is 0.230. The quantitative estimate of drug-likeness (QED) is 0.722. The first kappa shape index (κ1) is 11.2. The van der Waals surface area contributed by atoms with Crippen molar-refractivity contribution in [3.63, 3.8) is 0 Å². The van der Waals surface area contributed by atoms with Crippen molar-refractivity contribution in [3.8, 4) is 5.75 Å². The Kier molecular flexibility index (Phi) is 3.62. The average molecular weight is 217 g/mol. The molecule has 1 aliphatic heterocycles. The number of benzene rings is 1. The number of rotatable bonds is 3. The second kappa shape index (κ2) is 5.17. The second-order valence-electron chi connectivity index (χ2n) is 4.20. The molecule has 0 spiro atoms. The second-order valence-corrected chi connectivity index (χ2v) is 4.20. The molecule has 1 aliphatic rings. The molecule has 16 heavy (non-hydrogen) atoms. The molecule has 2 rings (SSSR count). The zero-order valence-corrected chi connectivity index (χ0v) is 10.0. The maximum Gasteiger partial charge on any atom is 0.118 e. The molecule has 0 fully saturated rings. The molecule has 0 aromatic heterocycles. The number of hydrogen-bond donors (Lipinski definition) is 0. The van der Waals surface area contributed by atoms with Gasteiger partial charge >= 0.3 is 0 Å². The van der Waals surface area contributed by atoms with Gasteiger partial charge in [-0.05, 0) is 31.0 Å². The highest BCUT2D eigenvalue weighted by Crippen LogP contribution is 2.23. The number of methoxy groups -OCH3 is 1. The van der Waals surface area contributed by atoms with Crippen LogP contribution in [-0.4, -0.2) is 25.1 Å². The van der Waals surface area contributed by atoms with Crippen molar-refractivity contribution in [3.05, 3.63) is 42.0 Å². The van der Waals surface area contributed by atoms with Crippen LogP contribution < -0.4 is 4.74 Å². The summed E-state index contributed by atoms with van der Waals surface area (Å²) in [6, 6.07) is 8.86. The fourth-order valence-electron chi connectivity index (χ4n) is 2.10. The molecule has 1 aromatic rings. The highest BCUT2D eigenvalue weighted by atomic mass is 16.5. The van der Waals surface area contributed by atoms with Crippen LogP contribution in [0.5, 0.6) is 5.75 Å². The summed E-state index contributed by atoms with van der Waals surface area (Å²) in [5.41, 5.74) is 1.36. The number of hydrogen-bond acceptors (Lipinski definition) is 2. The van der Waals surface area contributed by atoms with Crippen LogP contribution >= 0.6 is 0 Å². The largest absolute Gasteiger partial charge is 0.497 e. The van der Waals surface area contributed by atoms with Crippen molar-refractivity contribution in [1.82, 2.24) is 4.90 Å². The lowest BCUT2D eigenvalue weighted by atomic mass is 10.1. The van der Waals surface area contributed by atoms with E-state index in [1.54, 1.807) is 7.11 Å². The molecule has 86 valence electrons. The lowest BCUT2D eigenvalue weighted by Gasteiger charge is -2.30. The van der Waals surface area contributed by atoms with Crippen LogP contribution in [0.3, 0.4) is 0 Å². The molecule has 1 heterocycles. The summed E-state index contributed by atoms with van der Waals surface area (Å²) in [7, 11) is 1.70. The van der Waals surface area contributed by atoms with Crippen molar-refractivity contribution in [2.45, 2.75) is 19.4 Å². The van der Waals surface area contributed by atoms with Gasteiger partial charge < -0.3 is 4.74 Å². The highest BCUT2D eigenvalue weighted by molar-refractivity contribution is 5.29. The van der Waals surface area contributed by atoms with Crippen molar-refractivity contribution in [2.24, 2.45) is 0 Å². The van der Waals surface area contributed by atoms with Crippen LogP contribution in [0.15, 0.2) is 36.4 Å². The summed E-state index contributed by atoms with van der Waals surface area (Å²) in [6.07, 6.45) is 5.68. The van der Waals surface area contributed by atoms with Crippen LogP contribution in [0.4, 0.5) is 0 Å². The third-order valence-corrected chi connectivity index (χ3v) is 3.24. The molecular formula is C14H19NO. The maximum absolute atomic E-state index is 5.17. The molecule has 0 radical (unpaired) electrons. The Balaban J connectivity index is 2.07. The number of nitrogens with zero attached hydrogens (tertiary/aromatic N) is 1. The standard InChI is InChI=1S/C14H19NO/c1-12(15-10-4-3-5-11-15)13-6-8-14(16-2)9-7-13/h3-4,6-9,12H,5,10-11H2,1-2H3/t12-/m0/s1. The Morgan fingerprint density at radius 2 is 1.94 bits per heavy atom. The summed E-state index contributed by atoms with van der Waals surface area (Å²) in [5.74, 6) is 0.925. The molecule has 0 amide bonds. The minimum atomic E-state index is 0.482. The van der Waals surface area contributed by atoms with Gasteiger partial charge in [0.05, 0.1) is 7.11 Å². The molecule has 0 unspecified atom stereocenters. The van der Waals surface area contributed by atoms with E-state index in [9.17, 15) is 0 Å². The van der Waals surface area contributed by atoms with Gasteiger partial charge in [0.15, 0.2) is 0 Å². The van der Waals surface area contributed by atoms with Gasteiger partial charge in [0, 0.05) is 19.1 Å². The van der Waals surface area contributed by atoms with E-state index in [2.05, 4.69) is 36.1 Å². The van der Waals surface area contributed by atoms with E-state index >= 15 is 0 Å². The van der Waals surface area contributed by atoms with E-state index in [-0.39, 0.29) is 0 Å².